The van der Waals surface area contributed by atoms with Crippen LogP contribution in [0.5, 0.6) is 5.75 Å². The Morgan fingerprint density at radius 3 is 2.41 bits per heavy atom. The molecule has 154 valence electrons. The van der Waals surface area contributed by atoms with E-state index in [1.54, 1.807) is 4.90 Å². The van der Waals surface area contributed by atoms with Crippen molar-refractivity contribution in [2.45, 2.75) is 4.90 Å². The zero-order valence-electron chi connectivity index (χ0n) is 15.5. The van der Waals surface area contributed by atoms with Crippen LogP contribution in [0.1, 0.15) is 10.4 Å². The molecule has 29 heavy (non-hydrogen) atoms. The van der Waals surface area contributed by atoms with Gasteiger partial charge in [-0.2, -0.15) is 0 Å². The van der Waals surface area contributed by atoms with Crippen LogP contribution in [0.3, 0.4) is 0 Å². The second-order valence-electron chi connectivity index (χ2n) is 6.18. The Morgan fingerprint density at radius 2 is 1.83 bits per heavy atom. The second-order valence-corrected chi connectivity index (χ2v) is 7.86. The van der Waals surface area contributed by atoms with E-state index in [0.717, 1.165) is 6.07 Å². The molecule has 11 heteroatoms. The monoisotopic (exact) mass is 421 g/mol. The number of benzene rings is 2. The molecule has 2 aromatic carbocycles. The summed E-state index contributed by atoms with van der Waals surface area (Å²) in [5, 5.41) is 11.0. The minimum Gasteiger partial charge on any atom is -0.495 e. The van der Waals surface area contributed by atoms with Crippen LogP contribution in [-0.2, 0) is 14.8 Å². The van der Waals surface area contributed by atoms with Crippen LogP contribution in [0.15, 0.2) is 47.4 Å². The van der Waals surface area contributed by atoms with E-state index in [2.05, 4.69) is 4.72 Å². The molecule has 0 atom stereocenters. The standard InChI is InChI=1S/C18H19N3O7S/c1-27-17-7-4-14(21(23)24)12-16(17)19-29(25,26)15-5-2-13(3-6-15)18(22)20-8-10-28-11-9-20/h2-7,12,19H,8-11H2,1H3. The summed E-state index contributed by atoms with van der Waals surface area (Å²) in [4.78, 5) is 24.3. The number of carbonyl (C=O) groups excluding carboxylic acids is 1. The van der Waals surface area contributed by atoms with Gasteiger partial charge >= 0.3 is 0 Å². The molecule has 3 rings (SSSR count). The second kappa shape index (κ2) is 8.45. The van der Waals surface area contributed by atoms with Crippen LogP contribution in [0.25, 0.3) is 0 Å². The maximum Gasteiger partial charge on any atom is 0.271 e. The summed E-state index contributed by atoms with van der Waals surface area (Å²) < 4.78 is 37.9. The predicted octanol–water partition coefficient (Wildman–Crippen LogP) is 1.88. The summed E-state index contributed by atoms with van der Waals surface area (Å²) in [5.74, 6) is -0.0659. The first-order chi connectivity index (χ1) is 13.8. The van der Waals surface area contributed by atoms with Crippen LogP contribution in [0.4, 0.5) is 11.4 Å². The zero-order valence-corrected chi connectivity index (χ0v) is 16.3. The van der Waals surface area contributed by atoms with E-state index < -0.39 is 14.9 Å². The fourth-order valence-corrected chi connectivity index (χ4v) is 3.88. The third-order valence-electron chi connectivity index (χ3n) is 4.35. The van der Waals surface area contributed by atoms with Crippen molar-refractivity contribution in [3.05, 3.63) is 58.1 Å². The number of morpholine rings is 1. The Hall–Kier alpha value is -3.18. The van der Waals surface area contributed by atoms with Gasteiger partial charge in [0.1, 0.15) is 5.75 Å². The van der Waals surface area contributed by atoms with Gasteiger partial charge < -0.3 is 14.4 Å². The molecule has 0 spiro atoms. The summed E-state index contributed by atoms with van der Waals surface area (Å²) in [6.45, 7) is 1.89. The van der Waals surface area contributed by atoms with Gasteiger partial charge in [-0.25, -0.2) is 8.42 Å². The number of nitro groups is 1. The highest BCUT2D eigenvalue weighted by atomic mass is 32.2. The van der Waals surface area contributed by atoms with Crippen LogP contribution in [-0.4, -0.2) is 57.6 Å². The van der Waals surface area contributed by atoms with Crippen molar-refractivity contribution in [2.24, 2.45) is 0 Å². The van der Waals surface area contributed by atoms with Gasteiger partial charge in [0.15, 0.2) is 0 Å². The lowest BCUT2D eigenvalue weighted by atomic mass is 10.2. The topological polar surface area (TPSA) is 128 Å². The number of sulfonamides is 1. The zero-order chi connectivity index (χ0) is 21.0. The summed E-state index contributed by atoms with van der Waals surface area (Å²) in [6.07, 6.45) is 0. The van der Waals surface area contributed by atoms with Gasteiger partial charge in [0.2, 0.25) is 0 Å². The molecule has 0 aromatic heterocycles. The molecule has 10 nitrogen and oxygen atoms in total. The molecule has 0 bridgehead atoms. The van der Waals surface area contributed by atoms with Gasteiger partial charge in [-0.15, -0.1) is 0 Å². The van der Waals surface area contributed by atoms with Crippen molar-refractivity contribution in [3.63, 3.8) is 0 Å². The SMILES string of the molecule is COc1ccc([N+](=O)[O-])cc1NS(=O)(=O)c1ccc(C(=O)N2CCOCC2)cc1. The number of hydrogen-bond acceptors (Lipinski definition) is 7. The van der Waals surface area contributed by atoms with Gasteiger partial charge in [0, 0.05) is 30.8 Å². The number of carbonyl (C=O) groups is 1. The average molecular weight is 421 g/mol. The first-order valence-corrected chi connectivity index (χ1v) is 10.1. The first-order valence-electron chi connectivity index (χ1n) is 8.64. The van der Waals surface area contributed by atoms with E-state index >= 15 is 0 Å². The Labute approximate surface area is 167 Å². The van der Waals surface area contributed by atoms with E-state index in [1.807, 2.05) is 0 Å². The van der Waals surface area contributed by atoms with Gasteiger partial charge in [-0.05, 0) is 30.3 Å². The minimum atomic E-state index is -4.05. The lowest BCUT2D eigenvalue weighted by Crippen LogP contribution is -2.40. The molecule has 0 radical (unpaired) electrons. The highest BCUT2D eigenvalue weighted by molar-refractivity contribution is 7.92. The number of amides is 1. The van der Waals surface area contributed by atoms with Crippen molar-refractivity contribution in [3.8, 4) is 5.75 Å². The number of hydrogen-bond donors (Lipinski definition) is 1. The molecule has 0 saturated carbocycles. The molecule has 1 saturated heterocycles. The number of non-ortho nitro benzene ring substituents is 1. The summed E-state index contributed by atoms with van der Waals surface area (Å²) >= 11 is 0. The van der Waals surface area contributed by atoms with E-state index in [4.69, 9.17) is 9.47 Å². The van der Waals surface area contributed by atoms with Gasteiger partial charge in [0.25, 0.3) is 21.6 Å². The Bertz CT molecular complexity index is 1020. The minimum absolute atomic E-state index is 0.0600. The van der Waals surface area contributed by atoms with Gasteiger partial charge in [-0.1, -0.05) is 0 Å². The van der Waals surface area contributed by atoms with E-state index in [9.17, 15) is 23.3 Å². The fraction of sp³-hybridized carbons (Fsp3) is 0.278. The number of nitro benzene ring substituents is 1. The smallest absolute Gasteiger partial charge is 0.271 e. The highest BCUT2D eigenvalue weighted by Gasteiger charge is 2.22. The molecule has 1 N–H and O–H groups in total. The lowest BCUT2D eigenvalue weighted by Gasteiger charge is -2.26. The number of rotatable bonds is 6. The van der Waals surface area contributed by atoms with Crippen LogP contribution in [0.2, 0.25) is 0 Å². The fourth-order valence-electron chi connectivity index (χ4n) is 2.82. The summed E-state index contributed by atoms with van der Waals surface area (Å²) in [6, 6.07) is 9.06. The average Bonchev–Trinajstić information content (AvgIpc) is 2.73. The van der Waals surface area contributed by atoms with Crippen LogP contribution < -0.4 is 9.46 Å². The van der Waals surface area contributed by atoms with Crippen molar-refractivity contribution in [2.75, 3.05) is 38.1 Å². The molecule has 0 aliphatic carbocycles. The summed E-state index contributed by atoms with van der Waals surface area (Å²) in [5.41, 5.74) is 0.0175. The molecule has 1 aliphatic heterocycles. The Morgan fingerprint density at radius 1 is 1.17 bits per heavy atom. The number of nitrogens with one attached hydrogen (secondary N) is 1. The van der Waals surface area contributed by atoms with Gasteiger partial charge in [-0.3, -0.25) is 19.6 Å². The lowest BCUT2D eigenvalue weighted by molar-refractivity contribution is -0.384. The van der Waals surface area contributed by atoms with Crippen molar-refractivity contribution >= 4 is 27.3 Å². The van der Waals surface area contributed by atoms with Gasteiger partial charge in [0.05, 0.1) is 35.8 Å². The largest absolute Gasteiger partial charge is 0.495 e. The normalized spacial score (nSPS) is 14.3. The molecular weight excluding hydrogens is 402 g/mol. The highest BCUT2D eigenvalue weighted by Crippen LogP contribution is 2.30. The van der Waals surface area contributed by atoms with Crippen molar-refractivity contribution < 1.29 is 27.6 Å². The maximum absolute atomic E-state index is 12.7. The molecular formula is C18H19N3O7S. The van der Waals surface area contributed by atoms with Crippen LogP contribution >= 0.6 is 0 Å². The number of ether oxygens (including phenoxy) is 2. The molecule has 1 amide bonds. The third kappa shape index (κ3) is 4.63. The number of anilines is 1. The summed E-state index contributed by atoms with van der Waals surface area (Å²) in [7, 11) is -2.73. The molecule has 2 aromatic rings. The van der Waals surface area contributed by atoms with Crippen molar-refractivity contribution in [1.82, 2.24) is 4.90 Å². The van der Waals surface area contributed by atoms with Crippen LogP contribution in [0, 0.1) is 10.1 Å². The predicted molar refractivity (Wildman–Crippen MR) is 104 cm³/mol. The quantitative estimate of drug-likeness (QED) is 0.557. The number of methoxy groups -OCH3 is 1. The number of nitrogens with zero attached hydrogens (tertiary/aromatic N) is 2. The Balaban J connectivity index is 1.82. The molecule has 1 fully saturated rings. The molecule has 1 aliphatic rings. The Kier molecular flexibility index (Phi) is 5.99. The van der Waals surface area contributed by atoms with Crippen molar-refractivity contribution in [1.29, 1.82) is 0 Å². The first kappa shape index (κ1) is 20.6. The molecule has 0 unspecified atom stereocenters. The molecule has 1 heterocycles. The third-order valence-corrected chi connectivity index (χ3v) is 5.73. The van der Waals surface area contributed by atoms with E-state index in [-0.39, 0.29) is 27.9 Å². The van der Waals surface area contributed by atoms with E-state index in [1.165, 1.54) is 43.5 Å². The maximum atomic E-state index is 12.7. The van der Waals surface area contributed by atoms with E-state index in [0.29, 0.717) is 31.9 Å².